The number of rotatable bonds is 7. The summed E-state index contributed by atoms with van der Waals surface area (Å²) in [5.41, 5.74) is 1.49. The van der Waals surface area contributed by atoms with E-state index in [2.05, 4.69) is 58.5 Å². The number of hydrogen-bond acceptors (Lipinski definition) is 3. The third-order valence-electron chi connectivity index (χ3n) is 7.71. The van der Waals surface area contributed by atoms with Gasteiger partial charge < -0.3 is 9.47 Å². The summed E-state index contributed by atoms with van der Waals surface area (Å²) < 4.78 is 5.42. The lowest BCUT2D eigenvalue weighted by molar-refractivity contribution is -0.0114. The minimum Gasteiger partial charge on any atom is -0.355 e. The third kappa shape index (κ3) is 3.45. The zero-order valence-corrected chi connectivity index (χ0v) is 18.7. The monoisotopic (exact) mass is 410 g/mol. The lowest BCUT2D eigenvalue weighted by Crippen LogP contribution is -2.49. The largest absolute Gasteiger partial charge is 0.355 e. The van der Waals surface area contributed by atoms with Gasteiger partial charge in [-0.3, -0.25) is 0 Å². The molecular weight excluding hydrogens is 376 g/mol. The Bertz CT molecular complexity index is 877. The van der Waals surface area contributed by atoms with Crippen molar-refractivity contribution < 1.29 is 0 Å². The zero-order valence-electron chi connectivity index (χ0n) is 17.9. The van der Waals surface area contributed by atoms with Gasteiger partial charge in [-0.1, -0.05) is 31.5 Å². The number of unbranched alkanes of at least 4 members (excludes halogenated alkanes) is 1. The molecule has 4 fully saturated rings. The molecule has 0 atom stereocenters. The lowest BCUT2D eigenvalue weighted by Gasteiger charge is -2.56. The maximum absolute atomic E-state index is 5.99. The van der Waals surface area contributed by atoms with Gasteiger partial charge in [-0.15, -0.1) is 0 Å². The minimum absolute atomic E-state index is 0.284. The maximum Gasteiger partial charge on any atom is 0.199 e. The SMILES string of the molecule is CCCCn1c(C23CC4CC(CC(C4)C2)C3)nn(CN(C)c2ccccc2)c1=S. The Balaban J connectivity index is 1.50. The number of anilines is 1. The first-order valence-electron chi connectivity index (χ1n) is 11.5. The van der Waals surface area contributed by atoms with E-state index in [4.69, 9.17) is 17.3 Å². The molecular formula is C24H34N4S. The van der Waals surface area contributed by atoms with Gasteiger partial charge in [0, 0.05) is 24.7 Å². The van der Waals surface area contributed by atoms with E-state index in [0.29, 0.717) is 6.67 Å². The molecule has 0 amide bonds. The molecule has 0 unspecified atom stereocenters. The molecule has 156 valence electrons. The summed E-state index contributed by atoms with van der Waals surface area (Å²) in [5.74, 6) is 4.08. The smallest absolute Gasteiger partial charge is 0.199 e. The summed E-state index contributed by atoms with van der Waals surface area (Å²) in [4.78, 5) is 2.25. The van der Waals surface area contributed by atoms with E-state index in [1.807, 2.05) is 0 Å². The molecule has 5 heteroatoms. The highest BCUT2D eigenvalue weighted by Crippen LogP contribution is 2.60. The molecule has 6 rings (SSSR count). The fourth-order valence-corrected chi connectivity index (χ4v) is 7.07. The molecule has 1 aromatic heterocycles. The van der Waals surface area contributed by atoms with Crippen LogP contribution in [0, 0.1) is 22.5 Å². The predicted molar refractivity (Wildman–Crippen MR) is 121 cm³/mol. The van der Waals surface area contributed by atoms with Crippen molar-refractivity contribution in [3.63, 3.8) is 0 Å². The third-order valence-corrected chi connectivity index (χ3v) is 8.14. The van der Waals surface area contributed by atoms with Gasteiger partial charge in [-0.2, -0.15) is 5.10 Å². The maximum atomic E-state index is 5.99. The van der Waals surface area contributed by atoms with Gasteiger partial charge in [0.15, 0.2) is 4.77 Å². The molecule has 0 saturated heterocycles. The summed E-state index contributed by atoms with van der Waals surface area (Å²) in [7, 11) is 2.13. The molecule has 0 radical (unpaired) electrons. The standard InChI is InChI=1S/C24H34N4S/c1-3-4-10-27-22(24-14-18-11-19(15-24)13-20(12-18)16-24)25-28(23(27)29)17-26(2)21-8-6-5-7-9-21/h5-9,18-20H,3-4,10-17H2,1-2H3. The summed E-state index contributed by atoms with van der Waals surface area (Å²) in [5, 5.41) is 5.25. The number of aromatic nitrogens is 3. The molecule has 4 aliphatic rings. The Labute approximate surface area is 179 Å². The van der Waals surface area contributed by atoms with E-state index in [1.165, 1.54) is 62.9 Å². The molecule has 4 nitrogen and oxygen atoms in total. The first-order chi connectivity index (χ1) is 14.1. The van der Waals surface area contributed by atoms with Crippen LogP contribution < -0.4 is 4.90 Å². The number of benzene rings is 1. The predicted octanol–water partition coefficient (Wildman–Crippen LogP) is 5.78. The van der Waals surface area contributed by atoms with Crippen molar-refractivity contribution in [3.05, 3.63) is 40.9 Å². The second-order valence-electron chi connectivity index (χ2n) is 9.98. The highest BCUT2D eigenvalue weighted by Gasteiger charge is 2.53. The van der Waals surface area contributed by atoms with Gasteiger partial charge in [0.25, 0.3) is 0 Å². The summed E-state index contributed by atoms with van der Waals surface area (Å²) >= 11 is 5.99. The van der Waals surface area contributed by atoms with E-state index >= 15 is 0 Å². The van der Waals surface area contributed by atoms with Crippen LogP contribution >= 0.6 is 12.2 Å². The van der Waals surface area contributed by atoms with Gasteiger partial charge >= 0.3 is 0 Å². The van der Waals surface area contributed by atoms with Crippen LogP contribution in [0.2, 0.25) is 0 Å². The van der Waals surface area contributed by atoms with Crippen LogP contribution in [-0.2, 0) is 18.6 Å². The van der Waals surface area contributed by atoms with E-state index in [0.717, 1.165) is 29.1 Å². The van der Waals surface area contributed by atoms with Crippen LogP contribution in [0.1, 0.15) is 64.1 Å². The Morgan fingerprint density at radius 3 is 2.28 bits per heavy atom. The van der Waals surface area contributed by atoms with Crippen LogP contribution in [0.4, 0.5) is 5.69 Å². The fraction of sp³-hybridized carbons (Fsp3) is 0.667. The first-order valence-corrected chi connectivity index (χ1v) is 11.9. The molecule has 1 heterocycles. The van der Waals surface area contributed by atoms with Crippen molar-refractivity contribution in [1.82, 2.24) is 14.3 Å². The quantitative estimate of drug-likeness (QED) is 0.542. The topological polar surface area (TPSA) is 26.0 Å². The molecule has 2 aromatic rings. The summed E-state index contributed by atoms with van der Waals surface area (Å²) in [6.07, 6.45) is 10.8. The van der Waals surface area contributed by atoms with Gasteiger partial charge in [0.2, 0.25) is 0 Å². The minimum atomic E-state index is 0.284. The molecule has 4 saturated carbocycles. The Kier molecular flexibility index (Phi) is 5.05. The van der Waals surface area contributed by atoms with Crippen molar-refractivity contribution >= 4 is 17.9 Å². The van der Waals surface area contributed by atoms with Crippen LogP contribution in [0.15, 0.2) is 30.3 Å². The van der Waals surface area contributed by atoms with Gasteiger partial charge in [-0.05, 0) is 87.1 Å². The molecule has 4 bridgehead atoms. The Morgan fingerprint density at radius 2 is 1.69 bits per heavy atom. The molecule has 1 aromatic carbocycles. The average Bonchev–Trinajstić information content (AvgIpc) is 3.02. The Morgan fingerprint density at radius 1 is 1.07 bits per heavy atom. The number of nitrogens with zero attached hydrogens (tertiary/aromatic N) is 4. The van der Waals surface area contributed by atoms with Crippen molar-refractivity contribution in [2.75, 3.05) is 11.9 Å². The zero-order chi connectivity index (χ0) is 20.0. The van der Waals surface area contributed by atoms with E-state index in [9.17, 15) is 0 Å². The molecule has 0 N–H and O–H groups in total. The highest BCUT2D eigenvalue weighted by atomic mass is 32.1. The summed E-state index contributed by atoms with van der Waals surface area (Å²) in [6, 6.07) is 10.5. The van der Waals surface area contributed by atoms with Crippen LogP contribution in [0.25, 0.3) is 0 Å². The van der Waals surface area contributed by atoms with Gasteiger partial charge in [0.05, 0.1) is 0 Å². The first kappa shape index (κ1) is 19.3. The van der Waals surface area contributed by atoms with Crippen molar-refractivity contribution in [3.8, 4) is 0 Å². The molecule has 0 aliphatic heterocycles. The van der Waals surface area contributed by atoms with E-state index < -0.39 is 0 Å². The number of hydrogen-bond donors (Lipinski definition) is 0. The Hall–Kier alpha value is -1.62. The average molecular weight is 411 g/mol. The van der Waals surface area contributed by atoms with Gasteiger partial charge in [-0.25, -0.2) is 4.68 Å². The van der Waals surface area contributed by atoms with Crippen LogP contribution in [0.5, 0.6) is 0 Å². The lowest BCUT2D eigenvalue weighted by atomic mass is 9.49. The van der Waals surface area contributed by atoms with Crippen molar-refractivity contribution in [1.29, 1.82) is 0 Å². The number of para-hydroxylation sites is 1. The second kappa shape index (κ2) is 7.57. The van der Waals surface area contributed by atoms with Crippen LogP contribution in [-0.4, -0.2) is 21.4 Å². The van der Waals surface area contributed by atoms with E-state index in [-0.39, 0.29) is 5.41 Å². The van der Waals surface area contributed by atoms with Crippen molar-refractivity contribution in [2.45, 2.75) is 76.9 Å². The van der Waals surface area contributed by atoms with Crippen LogP contribution in [0.3, 0.4) is 0 Å². The normalized spacial score (nSPS) is 30.1. The molecule has 0 spiro atoms. The van der Waals surface area contributed by atoms with E-state index in [1.54, 1.807) is 0 Å². The second-order valence-corrected chi connectivity index (χ2v) is 10.3. The van der Waals surface area contributed by atoms with Crippen molar-refractivity contribution in [2.24, 2.45) is 17.8 Å². The highest BCUT2D eigenvalue weighted by molar-refractivity contribution is 7.71. The summed E-state index contributed by atoms with van der Waals surface area (Å²) in [6.45, 7) is 3.99. The fourth-order valence-electron chi connectivity index (χ4n) is 6.79. The molecule has 4 aliphatic carbocycles. The van der Waals surface area contributed by atoms with Gasteiger partial charge in [0.1, 0.15) is 12.5 Å². The molecule has 29 heavy (non-hydrogen) atoms.